The molecule has 0 aliphatic heterocycles. The molecule has 0 saturated carbocycles. The third-order valence-electron chi connectivity index (χ3n) is 3.21. The largest absolute Gasteiger partial charge is 0.465 e. The van der Waals surface area contributed by atoms with E-state index in [2.05, 4.69) is 19.2 Å². The first-order chi connectivity index (χ1) is 8.50. The van der Waals surface area contributed by atoms with Gasteiger partial charge < -0.3 is 14.8 Å². The summed E-state index contributed by atoms with van der Waals surface area (Å²) in [6.45, 7) is 9.77. The van der Waals surface area contributed by atoms with E-state index in [1.54, 1.807) is 7.05 Å². The van der Waals surface area contributed by atoms with Crippen molar-refractivity contribution >= 4 is 5.97 Å². The Bertz CT molecular complexity index is 233. The van der Waals surface area contributed by atoms with Crippen LogP contribution < -0.4 is 5.32 Å². The summed E-state index contributed by atoms with van der Waals surface area (Å²) >= 11 is 0. The highest BCUT2D eigenvalue weighted by Crippen LogP contribution is 2.13. The van der Waals surface area contributed by atoms with Crippen molar-refractivity contribution in [3.8, 4) is 0 Å². The summed E-state index contributed by atoms with van der Waals surface area (Å²) in [4.78, 5) is 11.8. The lowest BCUT2D eigenvalue weighted by atomic mass is 9.99. The van der Waals surface area contributed by atoms with Gasteiger partial charge in [-0.15, -0.1) is 0 Å². The molecule has 0 aromatic rings. The van der Waals surface area contributed by atoms with Crippen molar-refractivity contribution < 1.29 is 14.3 Å². The number of nitrogens with one attached hydrogen (secondary N) is 1. The van der Waals surface area contributed by atoms with Crippen LogP contribution in [0.1, 0.15) is 47.0 Å². The summed E-state index contributed by atoms with van der Waals surface area (Å²) in [5.74, 6) is 0.371. The van der Waals surface area contributed by atoms with E-state index in [0.717, 1.165) is 6.61 Å². The van der Waals surface area contributed by atoms with E-state index >= 15 is 0 Å². The monoisotopic (exact) mass is 259 g/mol. The minimum Gasteiger partial charge on any atom is -0.465 e. The van der Waals surface area contributed by atoms with E-state index in [4.69, 9.17) is 9.47 Å². The van der Waals surface area contributed by atoms with Gasteiger partial charge in [0.25, 0.3) is 0 Å². The zero-order valence-corrected chi connectivity index (χ0v) is 12.5. The van der Waals surface area contributed by atoms with Crippen LogP contribution >= 0.6 is 0 Å². The minimum absolute atomic E-state index is 0.210. The fraction of sp³-hybridized carbons (Fsp3) is 0.929. The van der Waals surface area contributed by atoms with Gasteiger partial charge in [-0.05, 0) is 39.7 Å². The molecule has 0 amide bonds. The second kappa shape index (κ2) is 9.34. The van der Waals surface area contributed by atoms with Crippen molar-refractivity contribution in [2.75, 3.05) is 26.9 Å². The van der Waals surface area contributed by atoms with Gasteiger partial charge in [-0.3, -0.25) is 4.79 Å². The first kappa shape index (κ1) is 17.4. The van der Waals surface area contributed by atoms with Crippen molar-refractivity contribution in [2.45, 2.75) is 52.5 Å². The highest BCUT2D eigenvalue weighted by atomic mass is 16.5. The van der Waals surface area contributed by atoms with Crippen LogP contribution in [0, 0.1) is 5.92 Å². The second-order valence-electron chi connectivity index (χ2n) is 5.02. The zero-order chi connectivity index (χ0) is 14.0. The van der Waals surface area contributed by atoms with E-state index in [9.17, 15) is 4.79 Å². The summed E-state index contributed by atoms with van der Waals surface area (Å²) in [7, 11) is 1.77. The van der Waals surface area contributed by atoms with Gasteiger partial charge in [0.1, 0.15) is 5.54 Å². The lowest BCUT2D eigenvalue weighted by Crippen LogP contribution is -2.49. The van der Waals surface area contributed by atoms with Gasteiger partial charge in [-0.1, -0.05) is 20.3 Å². The average molecular weight is 259 g/mol. The maximum atomic E-state index is 11.8. The molecule has 0 saturated heterocycles. The SMILES string of the molecule is CCCC(C)COCCC(C)(NC)C(=O)OCC. The third-order valence-corrected chi connectivity index (χ3v) is 3.21. The fourth-order valence-corrected chi connectivity index (χ4v) is 1.76. The molecule has 1 N–H and O–H groups in total. The van der Waals surface area contributed by atoms with E-state index in [0.29, 0.717) is 25.6 Å². The molecule has 4 heteroatoms. The fourth-order valence-electron chi connectivity index (χ4n) is 1.76. The lowest BCUT2D eigenvalue weighted by molar-refractivity contribution is -0.151. The maximum absolute atomic E-state index is 11.8. The summed E-state index contributed by atoms with van der Waals surface area (Å²) < 4.78 is 10.7. The molecule has 0 fully saturated rings. The normalized spacial score (nSPS) is 16.1. The predicted molar refractivity (Wildman–Crippen MR) is 73.6 cm³/mol. The summed E-state index contributed by atoms with van der Waals surface area (Å²) in [5, 5.41) is 3.02. The molecule has 0 spiro atoms. The first-order valence-electron chi connectivity index (χ1n) is 6.94. The molecule has 0 aromatic heterocycles. The average Bonchev–Trinajstić information content (AvgIpc) is 2.35. The van der Waals surface area contributed by atoms with Crippen LogP contribution in [0.2, 0.25) is 0 Å². The van der Waals surface area contributed by atoms with E-state index < -0.39 is 5.54 Å². The van der Waals surface area contributed by atoms with Crippen LogP contribution in [-0.4, -0.2) is 38.4 Å². The summed E-state index contributed by atoms with van der Waals surface area (Å²) in [6, 6.07) is 0. The van der Waals surface area contributed by atoms with Crippen molar-refractivity contribution in [2.24, 2.45) is 5.92 Å². The number of hydrogen-bond donors (Lipinski definition) is 1. The summed E-state index contributed by atoms with van der Waals surface area (Å²) in [5.41, 5.74) is -0.649. The maximum Gasteiger partial charge on any atom is 0.326 e. The molecule has 2 unspecified atom stereocenters. The Morgan fingerprint density at radius 3 is 2.56 bits per heavy atom. The van der Waals surface area contributed by atoms with Gasteiger partial charge in [0, 0.05) is 13.2 Å². The molecule has 4 nitrogen and oxygen atoms in total. The quantitative estimate of drug-likeness (QED) is 0.483. The smallest absolute Gasteiger partial charge is 0.326 e. The van der Waals surface area contributed by atoms with Gasteiger partial charge in [-0.2, -0.15) is 0 Å². The van der Waals surface area contributed by atoms with Gasteiger partial charge >= 0.3 is 5.97 Å². The van der Waals surface area contributed by atoms with Crippen LogP contribution in [0.3, 0.4) is 0 Å². The number of likely N-dealkylation sites (N-methyl/N-ethyl adjacent to an activating group) is 1. The van der Waals surface area contributed by atoms with Crippen LogP contribution in [0.25, 0.3) is 0 Å². The molecular weight excluding hydrogens is 230 g/mol. The van der Waals surface area contributed by atoms with Gasteiger partial charge in [0.15, 0.2) is 0 Å². The highest BCUT2D eigenvalue weighted by Gasteiger charge is 2.32. The molecule has 0 aromatic carbocycles. The van der Waals surface area contributed by atoms with Crippen molar-refractivity contribution in [1.29, 1.82) is 0 Å². The van der Waals surface area contributed by atoms with Crippen molar-refractivity contribution in [1.82, 2.24) is 5.32 Å². The van der Waals surface area contributed by atoms with Gasteiger partial charge in [0.05, 0.1) is 6.61 Å². The Morgan fingerprint density at radius 1 is 1.39 bits per heavy atom. The van der Waals surface area contributed by atoms with E-state index in [1.807, 2.05) is 13.8 Å². The molecule has 0 aliphatic rings. The van der Waals surface area contributed by atoms with Crippen LogP contribution in [0.15, 0.2) is 0 Å². The third kappa shape index (κ3) is 6.36. The molecule has 108 valence electrons. The number of carbonyl (C=O) groups excluding carboxylic acids is 1. The van der Waals surface area contributed by atoms with Crippen molar-refractivity contribution in [3.05, 3.63) is 0 Å². The molecule has 0 heterocycles. The number of ether oxygens (including phenoxy) is 2. The molecule has 0 bridgehead atoms. The Morgan fingerprint density at radius 2 is 2.06 bits per heavy atom. The first-order valence-corrected chi connectivity index (χ1v) is 6.94. The van der Waals surface area contributed by atoms with Gasteiger partial charge in [-0.25, -0.2) is 0 Å². The zero-order valence-electron chi connectivity index (χ0n) is 12.5. The highest BCUT2D eigenvalue weighted by molar-refractivity contribution is 5.80. The molecule has 0 aliphatic carbocycles. The number of rotatable bonds is 10. The lowest BCUT2D eigenvalue weighted by Gasteiger charge is -2.26. The Hall–Kier alpha value is -0.610. The van der Waals surface area contributed by atoms with E-state index in [1.165, 1.54) is 12.8 Å². The number of carbonyl (C=O) groups is 1. The number of hydrogen-bond acceptors (Lipinski definition) is 4. The Labute approximate surface area is 111 Å². The molecule has 2 atom stereocenters. The molecule has 18 heavy (non-hydrogen) atoms. The molecular formula is C14H29NO3. The standard InChI is InChI=1S/C14H29NO3/c1-6-8-12(3)11-17-10-9-14(4,15-5)13(16)18-7-2/h12,15H,6-11H2,1-5H3. The predicted octanol–water partition coefficient (Wildman–Crippen LogP) is 2.37. The summed E-state index contributed by atoms with van der Waals surface area (Å²) in [6.07, 6.45) is 2.99. The second-order valence-corrected chi connectivity index (χ2v) is 5.02. The Kier molecular flexibility index (Phi) is 9.02. The van der Waals surface area contributed by atoms with E-state index in [-0.39, 0.29) is 5.97 Å². The van der Waals surface area contributed by atoms with Crippen LogP contribution in [0.4, 0.5) is 0 Å². The minimum atomic E-state index is -0.649. The number of esters is 1. The van der Waals surface area contributed by atoms with Crippen LogP contribution in [0.5, 0.6) is 0 Å². The Balaban J connectivity index is 3.96. The molecule has 0 radical (unpaired) electrons. The molecule has 0 rings (SSSR count). The van der Waals surface area contributed by atoms with Gasteiger partial charge in [0.2, 0.25) is 0 Å². The van der Waals surface area contributed by atoms with Crippen molar-refractivity contribution in [3.63, 3.8) is 0 Å². The topological polar surface area (TPSA) is 47.6 Å². The van der Waals surface area contributed by atoms with Crippen LogP contribution in [-0.2, 0) is 14.3 Å².